The Morgan fingerprint density at radius 2 is 2.07 bits per heavy atom. The van der Waals surface area contributed by atoms with Crippen LogP contribution in [0.5, 0.6) is 0 Å². The molecular formula is C20H17BrN4O2S. The number of carbonyl (C=O) groups is 1. The molecule has 0 bridgehead atoms. The number of carbonyl (C=O) groups excluding carboxylic acids is 1. The van der Waals surface area contributed by atoms with Crippen LogP contribution in [0.25, 0.3) is 15.9 Å². The summed E-state index contributed by atoms with van der Waals surface area (Å²) in [5.41, 5.74) is 2.45. The number of fused-ring (bicyclic) bond motifs is 5. The van der Waals surface area contributed by atoms with Crippen LogP contribution in [0.15, 0.2) is 35.1 Å². The quantitative estimate of drug-likeness (QED) is 0.427. The van der Waals surface area contributed by atoms with Gasteiger partial charge in [-0.25, -0.2) is 4.98 Å². The number of aromatic nitrogens is 4. The zero-order valence-corrected chi connectivity index (χ0v) is 17.8. The van der Waals surface area contributed by atoms with Crippen molar-refractivity contribution in [2.24, 2.45) is 0 Å². The number of nitrogens with zero attached hydrogens (tertiary/aromatic N) is 4. The van der Waals surface area contributed by atoms with E-state index in [0.29, 0.717) is 18.0 Å². The molecule has 0 atom stereocenters. The Morgan fingerprint density at radius 1 is 1.29 bits per heavy atom. The van der Waals surface area contributed by atoms with Gasteiger partial charge in [0.1, 0.15) is 17.0 Å². The smallest absolute Gasteiger partial charge is 0.172 e. The van der Waals surface area contributed by atoms with Crippen LogP contribution in [0.2, 0.25) is 0 Å². The predicted octanol–water partition coefficient (Wildman–Crippen LogP) is 4.38. The Hall–Kier alpha value is -2.16. The third-order valence-electron chi connectivity index (χ3n) is 5.03. The lowest BCUT2D eigenvalue weighted by Gasteiger charge is -2.30. The van der Waals surface area contributed by atoms with Gasteiger partial charge in [-0.15, -0.1) is 21.5 Å². The van der Waals surface area contributed by atoms with E-state index in [4.69, 9.17) is 4.74 Å². The molecular weight excluding hydrogens is 440 g/mol. The number of ether oxygens (including phenoxy) is 1. The molecule has 4 aromatic rings. The van der Waals surface area contributed by atoms with Gasteiger partial charge in [-0.3, -0.25) is 9.20 Å². The summed E-state index contributed by atoms with van der Waals surface area (Å²) in [6.45, 7) is 4.79. The summed E-state index contributed by atoms with van der Waals surface area (Å²) in [7, 11) is 0. The maximum absolute atomic E-state index is 12.7. The number of hydrogen-bond donors (Lipinski definition) is 0. The molecule has 3 aromatic heterocycles. The van der Waals surface area contributed by atoms with Crippen LogP contribution in [0, 0.1) is 0 Å². The fraction of sp³-hybridized carbons (Fsp3) is 0.300. The topological polar surface area (TPSA) is 69.4 Å². The van der Waals surface area contributed by atoms with Crippen LogP contribution in [-0.4, -0.2) is 31.0 Å². The van der Waals surface area contributed by atoms with Gasteiger partial charge in [0.25, 0.3) is 0 Å². The SMILES string of the molecule is CC1(C)Cc2c(sc3ncn4c(CC(=O)c5ccc(Br)cc5)nnc4c23)CO1. The largest absolute Gasteiger partial charge is 0.370 e. The van der Waals surface area contributed by atoms with Crippen molar-refractivity contribution in [2.45, 2.75) is 38.9 Å². The Bertz CT molecular complexity index is 1230. The fourth-order valence-electron chi connectivity index (χ4n) is 3.59. The molecule has 0 N–H and O–H groups in total. The lowest BCUT2D eigenvalue weighted by Crippen LogP contribution is -2.31. The van der Waals surface area contributed by atoms with E-state index in [-0.39, 0.29) is 17.8 Å². The Balaban J connectivity index is 1.57. The van der Waals surface area contributed by atoms with Gasteiger partial charge in [-0.05, 0) is 31.5 Å². The van der Waals surface area contributed by atoms with Crippen LogP contribution in [0.3, 0.4) is 0 Å². The Morgan fingerprint density at radius 3 is 2.86 bits per heavy atom. The standard InChI is InChI=1S/C20H17BrN4O2S/c1-20(2)8-13-15(9-27-20)28-19-17(13)18-24-23-16(25(18)10-22-19)7-14(26)11-3-5-12(21)6-4-11/h3-6,10H,7-9H2,1-2H3. The van der Waals surface area contributed by atoms with E-state index in [0.717, 1.165) is 26.8 Å². The molecule has 0 unspecified atom stereocenters. The van der Waals surface area contributed by atoms with Crippen molar-refractivity contribution in [1.29, 1.82) is 0 Å². The van der Waals surface area contributed by atoms with E-state index >= 15 is 0 Å². The van der Waals surface area contributed by atoms with Gasteiger partial charge in [0.2, 0.25) is 0 Å². The lowest BCUT2D eigenvalue weighted by atomic mass is 9.94. The average Bonchev–Trinajstić information content (AvgIpc) is 3.22. The number of Topliss-reactive ketones (excluding diaryl/α,β-unsaturated/α-hetero) is 1. The van der Waals surface area contributed by atoms with E-state index in [2.05, 4.69) is 45.0 Å². The summed E-state index contributed by atoms with van der Waals surface area (Å²) < 4.78 is 8.72. The third kappa shape index (κ3) is 2.96. The second-order valence-electron chi connectivity index (χ2n) is 7.57. The van der Waals surface area contributed by atoms with Crippen molar-refractivity contribution in [3.05, 3.63) is 56.9 Å². The average molecular weight is 457 g/mol. The van der Waals surface area contributed by atoms with Gasteiger partial charge in [-0.2, -0.15) is 0 Å². The molecule has 0 spiro atoms. The normalized spacial score (nSPS) is 15.8. The van der Waals surface area contributed by atoms with Crippen molar-refractivity contribution < 1.29 is 9.53 Å². The van der Waals surface area contributed by atoms with E-state index in [9.17, 15) is 4.79 Å². The number of ketones is 1. The van der Waals surface area contributed by atoms with Crippen molar-refractivity contribution >= 4 is 48.9 Å². The van der Waals surface area contributed by atoms with Gasteiger partial charge in [-0.1, -0.05) is 28.1 Å². The van der Waals surface area contributed by atoms with E-state index in [1.807, 2.05) is 28.7 Å². The Labute approximate surface area is 173 Å². The van der Waals surface area contributed by atoms with E-state index in [1.54, 1.807) is 17.7 Å². The second kappa shape index (κ2) is 6.43. The number of halogens is 1. The molecule has 8 heteroatoms. The van der Waals surface area contributed by atoms with Crippen molar-refractivity contribution in [3.8, 4) is 0 Å². The van der Waals surface area contributed by atoms with Crippen LogP contribution in [-0.2, 0) is 24.2 Å². The molecule has 0 aliphatic carbocycles. The van der Waals surface area contributed by atoms with Crippen molar-refractivity contribution in [2.75, 3.05) is 0 Å². The van der Waals surface area contributed by atoms with Crippen LogP contribution >= 0.6 is 27.3 Å². The zero-order chi connectivity index (χ0) is 19.5. The number of rotatable bonds is 3. The van der Waals surface area contributed by atoms with Crippen LogP contribution in [0.1, 0.15) is 40.5 Å². The molecule has 0 saturated heterocycles. The zero-order valence-electron chi connectivity index (χ0n) is 15.4. The van der Waals surface area contributed by atoms with E-state index < -0.39 is 0 Å². The van der Waals surface area contributed by atoms with Gasteiger partial charge in [0.05, 0.1) is 24.0 Å². The summed E-state index contributed by atoms with van der Waals surface area (Å²) in [5.74, 6) is 0.604. The minimum absolute atomic E-state index is 0.00350. The molecule has 6 nitrogen and oxygen atoms in total. The lowest BCUT2D eigenvalue weighted by molar-refractivity contribution is -0.0379. The number of hydrogen-bond acceptors (Lipinski definition) is 6. The molecule has 0 radical (unpaired) electrons. The van der Waals surface area contributed by atoms with Gasteiger partial charge < -0.3 is 4.74 Å². The summed E-state index contributed by atoms with van der Waals surface area (Å²) in [5, 5.41) is 9.76. The maximum Gasteiger partial charge on any atom is 0.172 e. The highest BCUT2D eigenvalue weighted by Gasteiger charge is 2.31. The summed E-state index contributed by atoms with van der Waals surface area (Å²) >= 11 is 5.04. The summed E-state index contributed by atoms with van der Waals surface area (Å²) in [6, 6.07) is 7.34. The fourth-order valence-corrected chi connectivity index (χ4v) is 4.92. The minimum Gasteiger partial charge on any atom is -0.370 e. The van der Waals surface area contributed by atoms with Gasteiger partial charge in [0, 0.05) is 21.3 Å². The van der Waals surface area contributed by atoms with Crippen LogP contribution < -0.4 is 0 Å². The van der Waals surface area contributed by atoms with Crippen molar-refractivity contribution in [1.82, 2.24) is 19.6 Å². The first-order valence-corrected chi connectivity index (χ1v) is 10.6. The third-order valence-corrected chi connectivity index (χ3v) is 6.68. The van der Waals surface area contributed by atoms with E-state index in [1.165, 1.54) is 10.4 Å². The maximum atomic E-state index is 12.7. The first-order chi connectivity index (χ1) is 13.4. The molecule has 4 heterocycles. The van der Waals surface area contributed by atoms with Crippen molar-refractivity contribution in [3.63, 3.8) is 0 Å². The van der Waals surface area contributed by atoms with Gasteiger partial charge in [0.15, 0.2) is 11.4 Å². The first-order valence-electron chi connectivity index (χ1n) is 8.97. The minimum atomic E-state index is -0.214. The summed E-state index contributed by atoms with van der Waals surface area (Å²) in [4.78, 5) is 19.4. The highest BCUT2D eigenvalue weighted by Crippen LogP contribution is 2.39. The molecule has 5 rings (SSSR count). The molecule has 0 amide bonds. The predicted molar refractivity (Wildman–Crippen MR) is 111 cm³/mol. The first kappa shape index (κ1) is 17.9. The monoisotopic (exact) mass is 456 g/mol. The molecule has 28 heavy (non-hydrogen) atoms. The molecule has 0 fully saturated rings. The molecule has 142 valence electrons. The highest BCUT2D eigenvalue weighted by atomic mass is 79.9. The number of thiophene rings is 1. The van der Waals surface area contributed by atoms with Crippen LogP contribution in [0.4, 0.5) is 0 Å². The van der Waals surface area contributed by atoms with Gasteiger partial charge >= 0.3 is 0 Å². The molecule has 1 aromatic carbocycles. The number of benzene rings is 1. The molecule has 1 aliphatic rings. The highest BCUT2D eigenvalue weighted by molar-refractivity contribution is 9.10. The second-order valence-corrected chi connectivity index (χ2v) is 9.57. The molecule has 1 aliphatic heterocycles. The molecule has 0 saturated carbocycles. The summed E-state index contributed by atoms with van der Waals surface area (Å²) in [6.07, 6.45) is 2.70. The Kier molecular flexibility index (Phi) is 4.12.